The second-order valence-corrected chi connectivity index (χ2v) is 2.51. The molecule has 0 aromatic heterocycles. The van der Waals surface area contributed by atoms with E-state index in [1.165, 1.54) is 4.90 Å². The molecule has 0 aliphatic rings. The first-order valence-corrected chi connectivity index (χ1v) is 4.16. The summed E-state index contributed by atoms with van der Waals surface area (Å²) in [5.41, 5.74) is 0. The van der Waals surface area contributed by atoms with Crippen LogP contribution in [-0.4, -0.2) is 36.3 Å². The summed E-state index contributed by atoms with van der Waals surface area (Å²) in [7, 11) is 0. The molecule has 0 fully saturated rings. The Balaban J connectivity index is 4.05. The van der Waals surface area contributed by atoms with Gasteiger partial charge in [-0.25, -0.2) is 0 Å². The maximum atomic E-state index is 11.2. The van der Waals surface area contributed by atoms with Crippen molar-refractivity contribution in [1.29, 1.82) is 0 Å². The van der Waals surface area contributed by atoms with Gasteiger partial charge in [-0.05, 0) is 20.8 Å². The Hall–Kier alpha value is -1.06. The van der Waals surface area contributed by atoms with Gasteiger partial charge in [-0.1, -0.05) is 0 Å². The molecule has 1 atom stereocenters. The van der Waals surface area contributed by atoms with Gasteiger partial charge < -0.3 is 10.2 Å². The summed E-state index contributed by atoms with van der Waals surface area (Å²) in [6.07, 6.45) is 0.694. The molecule has 4 heteroatoms. The highest BCUT2D eigenvalue weighted by atomic mass is 16.2. The topological polar surface area (TPSA) is 49.4 Å². The van der Waals surface area contributed by atoms with Crippen LogP contribution in [0.15, 0.2) is 0 Å². The number of hydrogen-bond acceptors (Lipinski definition) is 2. The highest BCUT2D eigenvalue weighted by molar-refractivity contribution is 5.83. The molecule has 0 aliphatic carbocycles. The second kappa shape index (κ2) is 5.57. The number of nitrogens with zero attached hydrogens (tertiary/aromatic N) is 1. The van der Waals surface area contributed by atoms with Crippen LogP contribution in [0, 0.1) is 0 Å². The fraction of sp³-hybridized carbons (Fsp3) is 0.750. The lowest BCUT2D eigenvalue weighted by Gasteiger charge is -2.22. The molecule has 0 radical (unpaired) electrons. The van der Waals surface area contributed by atoms with E-state index in [1.807, 2.05) is 13.8 Å². The molecule has 12 heavy (non-hydrogen) atoms. The molecule has 0 spiro atoms. The van der Waals surface area contributed by atoms with Gasteiger partial charge in [0.15, 0.2) is 0 Å². The Morgan fingerprint density at radius 2 is 2.17 bits per heavy atom. The standard InChI is InChI=1S/C8H16N2O2/c1-4-9-8(12)7(3)10(5-2)6-11/h6-7H,4-5H2,1-3H3,(H,9,12). The van der Waals surface area contributed by atoms with Crippen LogP contribution < -0.4 is 5.32 Å². The summed E-state index contributed by atoms with van der Waals surface area (Å²) in [4.78, 5) is 23.1. The first-order chi connectivity index (χ1) is 5.67. The van der Waals surface area contributed by atoms with E-state index >= 15 is 0 Å². The van der Waals surface area contributed by atoms with E-state index < -0.39 is 0 Å². The third kappa shape index (κ3) is 2.90. The Kier molecular flexibility index (Phi) is 5.08. The van der Waals surface area contributed by atoms with Crippen LogP contribution in [0.2, 0.25) is 0 Å². The fourth-order valence-corrected chi connectivity index (χ4v) is 0.912. The molecule has 0 aromatic rings. The van der Waals surface area contributed by atoms with Crippen LogP contribution in [0.25, 0.3) is 0 Å². The van der Waals surface area contributed by atoms with E-state index in [4.69, 9.17) is 0 Å². The molecule has 70 valence electrons. The maximum absolute atomic E-state index is 11.2. The molecular weight excluding hydrogens is 156 g/mol. The van der Waals surface area contributed by atoms with Crippen molar-refractivity contribution < 1.29 is 9.59 Å². The molecule has 0 heterocycles. The van der Waals surface area contributed by atoms with Gasteiger partial charge in [-0.15, -0.1) is 0 Å². The van der Waals surface area contributed by atoms with E-state index in [2.05, 4.69) is 5.32 Å². The highest BCUT2D eigenvalue weighted by Crippen LogP contribution is 1.94. The Bertz CT molecular complexity index is 159. The minimum Gasteiger partial charge on any atom is -0.355 e. The van der Waals surface area contributed by atoms with Crippen molar-refractivity contribution in [3.05, 3.63) is 0 Å². The van der Waals surface area contributed by atoms with Crippen molar-refractivity contribution in [2.24, 2.45) is 0 Å². The highest BCUT2D eigenvalue weighted by Gasteiger charge is 2.16. The molecule has 0 aromatic carbocycles. The molecule has 0 aliphatic heterocycles. The number of carbonyl (C=O) groups excluding carboxylic acids is 2. The van der Waals surface area contributed by atoms with Gasteiger partial charge in [0, 0.05) is 13.1 Å². The Labute approximate surface area is 72.9 Å². The van der Waals surface area contributed by atoms with Crippen LogP contribution in [0.3, 0.4) is 0 Å². The summed E-state index contributed by atoms with van der Waals surface area (Å²) >= 11 is 0. The van der Waals surface area contributed by atoms with Gasteiger partial charge >= 0.3 is 0 Å². The maximum Gasteiger partial charge on any atom is 0.242 e. The van der Waals surface area contributed by atoms with Gasteiger partial charge in [-0.3, -0.25) is 9.59 Å². The number of nitrogens with one attached hydrogen (secondary N) is 1. The lowest BCUT2D eigenvalue weighted by atomic mass is 10.3. The van der Waals surface area contributed by atoms with Crippen LogP contribution in [0.4, 0.5) is 0 Å². The van der Waals surface area contributed by atoms with Crippen LogP contribution in [-0.2, 0) is 9.59 Å². The normalized spacial score (nSPS) is 11.9. The minimum atomic E-state index is -0.368. The third-order valence-corrected chi connectivity index (χ3v) is 1.73. The molecule has 2 amide bonds. The van der Waals surface area contributed by atoms with E-state index in [0.29, 0.717) is 19.5 Å². The molecule has 0 saturated heterocycles. The molecule has 0 bridgehead atoms. The van der Waals surface area contributed by atoms with Crippen molar-refractivity contribution in [2.45, 2.75) is 26.8 Å². The first-order valence-electron chi connectivity index (χ1n) is 4.16. The number of carbonyl (C=O) groups is 2. The zero-order valence-electron chi connectivity index (χ0n) is 7.83. The van der Waals surface area contributed by atoms with E-state index in [-0.39, 0.29) is 11.9 Å². The van der Waals surface area contributed by atoms with Crippen molar-refractivity contribution in [3.63, 3.8) is 0 Å². The van der Waals surface area contributed by atoms with E-state index in [9.17, 15) is 9.59 Å². The molecular formula is C8H16N2O2. The summed E-state index contributed by atoms with van der Waals surface area (Å²) in [6.45, 7) is 6.55. The quantitative estimate of drug-likeness (QED) is 0.593. The molecule has 1 unspecified atom stereocenters. The number of likely N-dealkylation sites (N-methyl/N-ethyl adjacent to an activating group) is 2. The predicted molar refractivity (Wildman–Crippen MR) is 46.6 cm³/mol. The van der Waals surface area contributed by atoms with Gasteiger partial charge in [0.2, 0.25) is 12.3 Å². The molecule has 1 N–H and O–H groups in total. The summed E-state index contributed by atoms with van der Waals surface area (Å²) in [5, 5.41) is 2.65. The van der Waals surface area contributed by atoms with Crippen molar-refractivity contribution in [1.82, 2.24) is 10.2 Å². The number of rotatable bonds is 5. The van der Waals surface area contributed by atoms with Crippen molar-refractivity contribution in [2.75, 3.05) is 13.1 Å². The van der Waals surface area contributed by atoms with E-state index in [1.54, 1.807) is 6.92 Å². The largest absolute Gasteiger partial charge is 0.355 e. The molecule has 4 nitrogen and oxygen atoms in total. The summed E-state index contributed by atoms with van der Waals surface area (Å²) in [6, 6.07) is -0.368. The average molecular weight is 172 g/mol. The van der Waals surface area contributed by atoms with Gasteiger partial charge in [0.25, 0.3) is 0 Å². The number of amides is 2. The van der Waals surface area contributed by atoms with Crippen molar-refractivity contribution >= 4 is 12.3 Å². The predicted octanol–water partition coefficient (Wildman–Crippen LogP) is -0.0107. The molecule has 0 saturated carbocycles. The first kappa shape index (κ1) is 10.9. The van der Waals surface area contributed by atoms with Gasteiger partial charge in [0.1, 0.15) is 6.04 Å². The van der Waals surface area contributed by atoms with Crippen LogP contribution in [0.1, 0.15) is 20.8 Å². The third-order valence-electron chi connectivity index (χ3n) is 1.73. The summed E-state index contributed by atoms with van der Waals surface area (Å²) < 4.78 is 0. The SMILES string of the molecule is CCNC(=O)C(C)N(C=O)CC. The monoisotopic (exact) mass is 172 g/mol. The van der Waals surface area contributed by atoms with Crippen LogP contribution in [0.5, 0.6) is 0 Å². The van der Waals surface area contributed by atoms with Crippen LogP contribution >= 0.6 is 0 Å². The Morgan fingerprint density at radius 1 is 1.58 bits per heavy atom. The lowest BCUT2D eigenvalue weighted by Crippen LogP contribution is -2.44. The zero-order valence-corrected chi connectivity index (χ0v) is 7.83. The molecule has 0 rings (SSSR count). The van der Waals surface area contributed by atoms with E-state index in [0.717, 1.165) is 0 Å². The lowest BCUT2D eigenvalue weighted by molar-refractivity contribution is -0.132. The van der Waals surface area contributed by atoms with Gasteiger partial charge in [-0.2, -0.15) is 0 Å². The zero-order chi connectivity index (χ0) is 9.56. The fourth-order valence-electron chi connectivity index (χ4n) is 0.912. The summed E-state index contributed by atoms with van der Waals surface area (Å²) in [5.74, 6) is -0.105. The average Bonchev–Trinajstić information content (AvgIpc) is 2.07. The van der Waals surface area contributed by atoms with Gasteiger partial charge in [0.05, 0.1) is 0 Å². The minimum absolute atomic E-state index is 0.105. The van der Waals surface area contributed by atoms with Crippen molar-refractivity contribution in [3.8, 4) is 0 Å². The smallest absolute Gasteiger partial charge is 0.242 e. The Morgan fingerprint density at radius 3 is 2.50 bits per heavy atom. The second-order valence-electron chi connectivity index (χ2n) is 2.51. The number of hydrogen-bond donors (Lipinski definition) is 1.